The van der Waals surface area contributed by atoms with Crippen molar-refractivity contribution in [1.29, 1.82) is 0 Å². The van der Waals surface area contributed by atoms with Crippen molar-refractivity contribution in [2.75, 3.05) is 13.1 Å². The zero-order valence-corrected chi connectivity index (χ0v) is 13.7. The molecule has 1 amide bonds. The Morgan fingerprint density at radius 2 is 1.87 bits per heavy atom. The standard InChI is InChI=1S/C19H20ClNO2/c20-17-8-4-5-9-18(17)23-19(22)21-13-12-16(14-21)11-10-15-6-2-1-3-7-15/h1-9,16H,10-14H2. The van der Waals surface area contributed by atoms with Crippen molar-refractivity contribution in [1.82, 2.24) is 4.90 Å². The second kappa shape index (κ2) is 7.51. The first-order valence-electron chi connectivity index (χ1n) is 7.97. The molecule has 2 aromatic carbocycles. The molecule has 120 valence electrons. The smallest absolute Gasteiger partial charge is 0.409 e. The summed E-state index contributed by atoms with van der Waals surface area (Å²) in [6.45, 7) is 1.51. The number of carbonyl (C=O) groups excluding carboxylic acids is 1. The van der Waals surface area contributed by atoms with E-state index in [1.54, 1.807) is 23.1 Å². The van der Waals surface area contributed by atoms with Gasteiger partial charge in [0.15, 0.2) is 5.75 Å². The average Bonchev–Trinajstić information content (AvgIpc) is 3.05. The third kappa shape index (κ3) is 4.26. The van der Waals surface area contributed by atoms with Gasteiger partial charge in [0, 0.05) is 13.1 Å². The maximum Gasteiger partial charge on any atom is 0.415 e. The summed E-state index contributed by atoms with van der Waals surface area (Å²) in [4.78, 5) is 14.0. The first-order chi connectivity index (χ1) is 11.2. The van der Waals surface area contributed by atoms with Crippen LogP contribution in [-0.2, 0) is 6.42 Å². The molecule has 1 aliphatic heterocycles. The Labute approximate surface area is 141 Å². The van der Waals surface area contributed by atoms with Gasteiger partial charge in [0.05, 0.1) is 5.02 Å². The van der Waals surface area contributed by atoms with Crippen molar-refractivity contribution in [3.8, 4) is 5.75 Å². The minimum Gasteiger partial charge on any atom is -0.409 e. The molecule has 0 saturated carbocycles. The number of aryl methyl sites for hydroxylation is 1. The number of rotatable bonds is 4. The van der Waals surface area contributed by atoms with Crippen molar-refractivity contribution in [3.05, 3.63) is 65.2 Å². The number of benzene rings is 2. The van der Waals surface area contributed by atoms with Crippen LogP contribution in [0.3, 0.4) is 0 Å². The highest BCUT2D eigenvalue weighted by Gasteiger charge is 2.27. The van der Waals surface area contributed by atoms with Gasteiger partial charge in [-0.2, -0.15) is 0 Å². The maximum absolute atomic E-state index is 12.2. The predicted octanol–water partition coefficient (Wildman–Crippen LogP) is 4.79. The molecule has 0 aliphatic carbocycles. The summed E-state index contributed by atoms with van der Waals surface area (Å²) in [7, 11) is 0. The van der Waals surface area contributed by atoms with Gasteiger partial charge in [0.25, 0.3) is 0 Å². The molecule has 1 fully saturated rings. The molecule has 1 aliphatic rings. The number of hydrogen-bond donors (Lipinski definition) is 0. The Kier molecular flexibility index (Phi) is 5.19. The number of amides is 1. The largest absolute Gasteiger partial charge is 0.415 e. The van der Waals surface area contributed by atoms with Crippen molar-refractivity contribution in [3.63, 3.8) is 0 Å². The van der Waals surface area contributed by atoms with Crippen molar-refractivity contribution in [2.45, 2.75) is 19.3 Å². The highest BCUT2D eigenvalue weighted by atomic mass is 35.5. The maximum atomic E-state index is 12.2. The van der Waals surface area contributed by atoms with Crippen LogP contribution >= 0.6 is 11.6 Å². The van der Waals surface area contributed by atoms with E-state index in [1.807, 2.05) is 12.1 Å². The third-order valence-corrected chi connectivity index (χ3v) is 4.57. The molecule has 0 bridgehead atoms. The quantitative estimate of drug-likeness (QED) is 0.806. The predicted molar refractivity (Wildman–Crippen MR) is 91.9 cm³/mol. The second-order valence-electron chi connectivity index (χ2n) is 5.92. The topological polar surface area (TPSA) is 29.5 Å². The lowest BCUT2D eigenvalue weighted by Gasteiger charge is -2.16. The first-order valence-corrected chi connectivity index (χ1v) is 8.35. The number of carbonyl (C=O) groups is 1. The van der Waals surface area contributed by atoms with Crippen LogP contribution in [0.25, 0.3) is 0 Å². The molecule has 0 spiro atoms. The van der Waals surface area contributed by atoms with E-state index in [2.05, 4.69) is 24.3 Å². The van der Waals surface area contributed by atoms with E-state index in [1.165, 1.54) is 5.56 Å². The Balaban J connectivity index is 1.49. The summed E-state index contributed by atoms with van der Waals surface area (Å²) in [6.07, 6.45) is 2.88. The first kappa shape index (κ1) is 15.9. The van der Waals surface area contributed by atoms with Crippen LogP contribution in [-0.4, -0.2) is 24.1 Å². The Morgan fingerprint density at radius 1 is 1.13 bits per heavy atom. The molecule has 2 aromatic rings. The van der Waals surface area contributed by atoms with E-state index in [-0.39, 0.29) is 6.09 Å². The summed E-state index contributed by atoms with van der Waals surface area (Å²) in [5, 5.41) is 0.459. The van der Waals surface area contributed by atoms with Gasteiger partial charge < -0.3 is 9.64 Å². The van der Waals surface area contributed by atoms with Crippen molar-refractivity contribution >= 4 is 17.7 Å². The number of hydrogen-bond acceptors (Lipinski definition) is 2. The summed E-state index contributed by atoms with van der Waals surface area (Å²) in [5.41, 5.74) is 1.35. The van der Waals surface area contributed by atoms with Crippen molar-refractivity contribution in [2.24, 2.45) is 5.92 Å². The number of likely N-dealkylation sites (tertiary alicyclic amines) is 1. The van der Waals surface area contributed by atoms with E-state index in [0.717, 1.165) is 32.4 Å². The zero-order valence-electron chi connectivity index (χ0n) is 13.0. The fourth-order valence-corrected chi connectivity index (χ4v) is 3.11. The molecule has 1 heterocycles. The highest BCUT2D eigenvalue weighted by Crippen LogP contribution is 2.26. The van der Waals surface area contributed by atoms with Crippen LogP contribution in [0.15, 0.2) is 54.6 Å². The molecule has 3 nitrogen and oxygen atoms in total. The number of para-hydroxylation sites is 1. The summed E-state index contributed by atoms with van der Waals surface area (Å²) >= 11 is 6.03. The van der Waals surface area contributed by atoms with E-state index >= 15 is 0 Å². The summed E-state index contributed by atoms with van der Waals surface area (Å²) < 4.78 is 5.40. The van der Waals surface area contributed by atoms with E-state index in [9.17, 15) is 4.79 Å². The lowest BCUT2D eigenvalue weighted by atomic mass is 9.99. The van der Waals surface area contributed by atoms with Crippen molar-refractivity contribution < 1.29 is 9.53 Å². The van der Waals surface area contributed by atoms with Gasteiger partial charge in [0.1, 0.15) is 0 Å². The molecule has 3 rings (SSSR count). The van der Waals surface area contributed by atoms with E-state index < -0.39 is 0 Å². The van der Waals surface area contributed by atoms with Gasteiger partial charge >= 0.3 is 6.09 Å². The molecule has 23 heavy (non-hydrogen) atoms. The highest BCUT2D eigenvalue weighted by molar-refractivity contribution is 6.32. The number of nitrogens with zero attached hydrogens (tertiary/aromatic N) is 1. The van der Waals surface area contributed by atoms with E-state index in [4.69, 9.17) is 16.3 Å². The normalized spacial score (nSPS) is 17.3. The molecule has 0 aromatic heterocycles. The molecular weight excluding hydrogens is 310 g/mol. The minimum atomic E-state index is -0.305. The van der Waals surface area contributed by atoms with Gasteiger partial charge in [-0.3, -0.25) is 0 Å². The monoisotopic (exact) mass is 329 g/mol. The van der Waals surface area contributed by atoms with Crippen LogP contribution in [0.1, 0.15) is 18.4 Å². The fraction of sp³-hybridized carbons (Fsp3) is 0.316. The molecule has 0 radical (unpaired) electrons. The lowest BCUT2D eigenvalue weighted by Crippen LogP contribution is -2.31. The molecular formula is C19H20ClNO2. The fourth-order valence-electron chi connectivity index (χ4n) is 2.94. The molecule has 1 saturated heterocycles. The van der Waals surface area contributed by atoms with Gasteiger partial charge in [-0.25, -0.2) is 4.79 Å². The second-order valence-corrected chi connectivity index (χ2v) is 6.33. The SMILES string of the molecule is O=C(Oc1ccccc1Cl)N1CCC(CCc2ccccc2)C1. The molecule has 1 atom stereocenters. The minimum absolute atomic E-state index is 0.305. The van der Waals surface area contributed by atoms with Crippen LogP contribution in [0.4, 0.5) is 4.79 Å². The number of ether oxygens (including phenoxy) is 1. The van der Waals surface area contributed by atoms with Gasteiger partial charge in [-0.1, -0.05) is 54.1 Å². The van der Waals surface area contributed by atoms with Gasteiger partial charge in [0.2, 0.25) is 0 Å². The summed E-state index contributed by atoms with van der Waals surface area (Å²) in [6, 6.07) is 17.5. The van der Waals surface area contributed by atoms with Crippen LogP contribution in [0.2, 0.25) is 5.02 Å². The Hall–Kier alpha value is -2.00. The van der Waals surface area contributed by atoms with Crippen LogP contribution in [0, 0.1) is 5.92 Å². The lowest BCUT2D eigenvalue weighted by molar-refractivity contribution is 0.161. The summed E-state index contributed by atoms with van der Waals surface area (Å²) in [5.74, 6) is 0.959. The molecule has 0 N–H and O–H groups in total. The van der Waals surface area contributed by atoms with Gasteiger partial charge in [-0.05, 0) is 42.9 Å². The molecule has 1 unspecified atom stereocenters. The third-order valence-electron chi connectivity index (χ3n) is 4.26. The Morgan fingerprint density at radius 3 is 2.65 bits per heavy atom. The van der Waals surface area contributed by atoms with E-state index in [0.29, 0.717) is 16.7 Å². The van der Waals surface area contributed by atoms with Gasteiger partial charge in [-0.15, -0.1) is 0 Å². The van der Waals surface area contributed by atoms with Crippen LogP contribution < -0.4 is 4.74 Å². The average molecular weight is 330 g/mol. The molecule has 4 heteroatoms. The van der Waals surface area contributed by atoms with Crippen LogP contribution in [0.5, 0.6) is 5.75 Å². The Bertz CT molecular complexity index is 659. The zero-order chi connectivity index (χ0) is 16.1. The number of halogens is 1.